The predicted molar refractivity (Wildman–Crippen MR) is 75.3 cm³/mol. The molecular weight excluding hydrogens is 288 g/mol. The molecule has 0 saturated heterocycles. The Hall–Kier alpha value is -1.99. The van der Waals surface area contributed by atoms with Crippen molar-refractivity contribution in [3.8, 4) is 0 Å². The van der Waals surface area contributed by atoms with Crippen molar-refractivity contribution in [2.24, 2.45) is 0 Å². The second-order valence-electron chi connectivity index (χ2n) is 3.77. The number of nitrogens with zero attached hydrogens (tertiary/aromatic N) is 1. The minimum atomic E-state index is -3.73. The third-order valence-electron chi connectivity index (χ3n) is 2.34. The van der Waals surface area contributed by atoms with Crippen molar-refractivity contribution in [3.63, 3.8) is 0 Å². The molecule has 6 nitrogen and oxygen atoms in total. The van der Waals surface area contributed by atoms with Crippen LogP contribution in [0.2, 0.25) is 5.15 Å². The maximum absolute atomic E-state index is 12.1. The highest BCUT2D eigenvalue weighted by Crippen LogP contribution is 2.23. The number of hydrogen-bond donors (Lipinski definition) is 3. The van der Waals surface area contributed by atoms with E-state index in [1.807, 2.05) is 0 Å². The molecule has 5 N–H and O–H groups in total. The third-order valence-corrected chi connectivity index (χ3v) is 3.93. The second-order valence-corrected chi connectivity index (χ2v) is 5.84. The number of hydrogen-bond acceptors (Lipinski definition) is 5. The monoisotopic (exact) mass is 298 g/mol. The summed E-state index contributed by atoms with van der Waals surface area (Å²) in [5, 5.41) is 0.188. The number of benzene rings is 1. The summed E-state index contributed by atoms with van der Waals surface area (Å²) in [6.45, 7) is 0. The van der Waals surface area contributed by atoms with Gasteiger partial charge in [-0.3, -0.25) is 4.72 Å². The van der Waals surface area contributed by atoms with Gasteiger partial charge in [-0.25, -0.2) is 13.4 Å². The minimum Gasteiger partial charge on any atom is -0.399 e. The maximum Gasteiger partial charge on any atom is 0.262 e. The molecule has 1 heterocycles. The lowest BCUT2D eigenvalue weighted by Gasteiger charge is -2.10. The molecule has 0 spiro atoms. The van der Waals surface area contributed by atoms with E-state index in [0.29, 0.717) is 5.69 Å². The quantitative estimate of drug-likeness (QED) is 0.590. The van der Waals surface area contributed by atoms with Crippen molar-refractivity contribution in [2.75, 3.05) is 16.2 Å². The Labute approximate surface area is 115 Å². The highest BCUT2D eigenvalue weighted by molar-refractivity contribution is 7.92. The van der Waals surface area contributed by atoms with Gasteiger partial charge in [0.25, 0.3) is 10.0 Å². The SMILES string of the molecule is Nc1ccc(S(=O)(=O)Nc2cnc(Cl)cc2N)cc1. The molecule has 2 aromatic rings. The van der Waals surface area contributed by atoms with Crippen molar-refractivity contribution in [1.82, 2.24) is 4.98 Å². The molecule has 0 aliphatic carbocycles. The lowest BCUT2D eigenvalue weighted by atomic mass is 10.3. The Morgan fingerprint density at radius 1 is 1.16 bits per heavy atom. The number of pyridine rings is 1. The van der Waals surface area contributed by atoms with Crippen LogP contribution in [0.25, 0.3) is 0 Å². The van der Waals surface area contributed by atoms with Gasteiger partial charge < -0.3 is 11.5 Å². The number of aromatic nitrogens is 1. The molecule has 0 atom stereocenters. The maximum atomic E-state index is 12.1. The summed E-state index contributed by atoms with van der Waals surface area (Å²) in [7, 11) is -3.73. The van der Waals surface area contributed by atoms with E-state index in [1.54, 1.807) is 0 Å². The minimum absolute atomic E-state index is 0.0797. The van der Waals surface area contributed by atoms with Gasteiger partial charge in [0.15, 0.2) is 0 Å². The molecule has 1 aromatic heterocycles. The Bertz CT molecular complexity index is 701. The van der Waals surface area contributed by atoms with Crippen LogP contribution < -0.4 is 16.2 Å². The molecule has 0 saturated carbocycles. The Morgan fingerprint density at radius 2 is 1.79 bits per heavy atom. The third kappa shape index (κ3) is 3.07. The fraction of sp³-hybridized carbons (Fsp3) is 0. The molecule has 8 heteroatoms. The number of sulfonamides is 1. The first-order chi connectivity index (χ1) is 8.88. The molecule has 0 bridgehead atoms. The number of halogens is 1. The van der Waals surface area contributed by atoms with Crippen LogP contribution in [0.4, 0.5) is 17.1 Å². The summed E-state index contributed by atoms with van der Waals surface area (Å²) in [4.78, 5) is 3.85. The van der Waals surface area contributed by atoms with Crippen LogP contribution in [-0.2, 0) is 10.0 Å². The zero-order valence-electron chi connectivity index (χ0n) is 9.67. The van der Waals surface area contributed by atoms with Gasteiger partial charge in [-0.15, -0.1) is 0 Å². The summed E-state index contributed by atoms with van der Waals surface area (Å²) < 4.78 is 26.5. The van der Waals surface area contributed by atoms with E-state index >= 15 is 0 Å². The fourth-order valence-electron chi connectivity index (χ4n) is 1.38. The summed E-state index contributed by atoms with van der Waals surface area (Å²) in [5.41, 5.74) is 12.0. The van der Waals surface area contributed by atoms with E-state index in [0.717, 1.165) is 0 Å². The number of nitrogens with two attached hydrogens (primary N) is 2. The summed E-state index contributed by atoms with van der Waals surface area (Å²) >= 11 is 5.64. The molecule has 0 aliphatic heterocycles. The van der Waals surface area contributed by atoms with Crippen LogP contribution >= 0.6 is 11.6 Å². The molecule has 0 fully saturated rings. The van der Waals surface area contributed by atoms with Crippen LogP contribution in [0, 0.1) is 0 Å². The van der Waals surface area contributed by atoms with Gasteiger partial charge in [0, 0.05) is 11.8 Å². The molecule has 100 valence electrons. The predicted octanol–water partition coefficient (Wildman–Crippen LogP) is 1.70. The summed E-state index contributed by atoms with van der Waals surface area (Å²) in [6.07, 6.45) is 1.26. The number of anilines is 3. The molecule has 0 radical (unpaired) electrons. The summed E-state index contributed by atoms with van der Waals surface area (Å²) in [5.74, 6) is 0. The van der Waals surface area contributed by atoms with Crippen LogP contribution in [0.3, 0.4) is 0 Å². The summed E-state index contributed by atoms with van der Waals surface area (Å²) in [6, 6.07) is 7.16. The topological polar surface area (TPSA) is 111 Å². The van der Waals surface area contributed by atoms with Gasteiger partial charge in [0.05, 0.1) is 22.5 Å². The molecule has 0 unspecified atom stereocenters. The molecule has 19 heavy (non-hydrogen) atoms. The van der Waals surface area contributed by atoms with E-state index in [4.69, 9.17) is 23.1 Å². The first-order valence-corrected chi connectivity index (χ1v) is 7.04. The smallest absolute Gasteiger partial charge is 0.262 e. The van der Waals surface area contributed by atoms with Gasteiger partial charge in [-0.1, -0.05) is 11.6 Å². The van der Waals surface area contributed by atoms with Crippen LogP contribution in [0.1, 0.15) is 0 Å². The average Bonchev–Trinajstić information content (AvgIpc) is 2.33. The van der Waals surface area contributed by atoms with Gasteiger partial charge in [-0.05, 0) is 24.3 Å². The van der Waals surface area contributed by atoms with E-state index in [-0.39, 0.29) is 21.4 Å². The van der Waals surface area contributed by atoms with Gasteiger partial charge in [-0.2, -0.15) is 0 Å². The Balaban J connectivity index is 2.33. The first kappa shape index (κ1) is 13.4. The normalized spacial score (nSPS) is 11.2. The second kappa shape index (κ2) is 4.94. The van der Waals surface area contributed by atoms with Crippen molar-refractivity contribution in [3.05, 3.63) is 41.7 Å². The van der Waals surface area contributed by atoms with E-state index in [2.05, 4.69) is 9.71 Å². The molecule has 0 amide bonds. The average molecular weight is 299 g/mol. The first-order valence-electron chi connectivity index (χ1n) is 5.18. The van der Waals surface area contributed by atoms with Crippen molar-refractivity contribution in [2.45, 2.75) is 4.90 Å². The van der Waals surface area contributed by atoms with Crippen LogP contribution in [0.5, 0.6) is 0 Å². The zero-order chi connectivity index (χ0) is 14.0. The van der Waals surface area contributed by atoms with Crippen LogP contribution in [0.15, 0.2) is 41.4 Å². The Morgan fingerprint density at radius 3 is 2.37 bits per heavy atom. The van der Waals surface area contributed by atoms with E-state index in [9.17, 15) is 8.42 Å². The molecule has 1 aromatic carbocycles. The van der Waals surface area contributed by atoms with Gasteiger partial charge >= 0.3 is 0 Å². The number of nitrogens with one attached hydrogen (secondary N) is 1. The highest BCUT2D eigenvalue weighted by atomic mass is 35.5. The highest BCUT2D eigenvalue weighted by Gasteiger charge is 2.15. The standard InChI is InChI=1S/C11H11ClN4O2S/c12-11-5-9(14)10(6-15-11)16-19(17,18)8-3-1-7(13)2-4-8/h1-6,16H,13H2,(H2,14,15). The number of rotatable bonds is 3. The zero-order valence-corrected chi connectivity index (χ0v) is 11.2. The molecule has 0 aliphatic rings. The largest absolute Gasteiger partial charge is 0.399 e. The van der Waals surface area contributed by atoms with Crippen molar-refractivity contribution in [1.29, 1.82) is 0 Å². The van der Waals surface area contributed by atoms with Gasteiger partial charge in [0.1, 0.15) is 5.15 Å². The molecule has 2 rings (SSSR count). The van der Waals surface area contributed by atoms with Crippen LogP contribution in [-0.4, -0.2) is 13.4 Å². The van der Waals surface area contributed by atoms with Gasteiger partial charge in [0.2, 0.25) is 0 Å². The number of nitrogen functional groups attached to an aromatic ring is 2. The van der Waals surface area contributed by atoms with E-state index < -0.39 is 10.0 Å². The lowest BCUT2D eigenvalue weighted by molar-refractivity contribution is 0.601. The fourth-order valence-corrected chi connectivity index (χ4v) is 2.62. The van der Waals surface area contributed by atoms with Crippen molar-refractivity contribution < 1.29 is 8.42 Å². The lowest BCUT2D eigenvalue weighted by Crippen LogP contribution is -2.14. The van der Waals surface area contributed by atoms with Crippen molar-refractivity contribution >= 4 is 38.7 Å². The van der Waals surface area contributed by atoms with E-state index in [1.165, 1.54) is 36.5 Å². The molecular formula is C11H11ClN4O2S. The Kier molecular flexibility index (Phi) is 3.50.